The Bertz CT molecular complexity index is 1140. The van der Waals surface area contributed by atoms with E-state index in [2.05, 4.69) is 10.3 Å². The Labute approximate surface area is 160 Å². The molecule has 3 aromatic rings. The van der Waals surface area contributed by atoms with Crippen LogP contribution in [0.4, 0.5) is 11.4 Å². The van der Waals surface area contributed by atoms with Crippen molar-refractivity contribution in [2.24, 2.45) is 0 Å². The Morgan fingerprint density at radius 1 is 1.14 bits per heavy atom. The fraction of sp³-hybridized carbons (Fsp3) is 0.190. The van der Waals surface area contributed by atoms with Crippen LogP contribution in [0.1, 0.15) is 23.3 Å². The molecule has 1 aliphatic rings. The number of amides is 2. The molecule has 2 amide bonds. The molecule has 1 aromatic heterocycles. The monoisotopic (exact) mass is 377 g/mol. The van der Waals surface area contributed by atoms with Crippen molar-refractivity contribution < 1.29 is 14.3 Å². The van der Waals surface area contributed by atoms with Gasteiger partial charge in [-0.1, -0.05) is 18.2 Å². The molecule has 142 valence electrons. The molecule has 28 heavy (non-hydrogen) atoms. The summed E-state index contributed by atoms with van der Waals surface area (Å²) in [6.45, 7) is 0.652. The quantitative estimate of drug-likeness (QED) is 0.731. The van der Waals surface area contributed by atoms with Crippen molar-refractivity contribution in [2.75, 3.05) is 23.9 Å². The number of carbonyl (C=O) groups is 2. The Morgan fingerprint density at radius 3 is 2.71 bits per heavy atom. The molecule has 4 rings (SSSR count). The van der Waals surface area contributed by atoms with E-state index >= 15 is 0 Å². The van der Waals surface area contributed by atoms with Gasteiger partial charge in [0, 0.05) is 30.1 Å². The normalized spacial score (nSPS) is 13.8. The van der Waals surface area contributed by atoms with E-state index in [-0.39, 0.29) is 17.2 Å². The lowest BCUT2D eigenvalue weighted by Gasteiger charge is -2.19. The van der Waals surface area contributed by atoms with E-state index in [0.717, 1.165) is 6.42 Å². The van der Waals surface area contributed by atoms with Gasteiger partial charge >= 0.3 is 0 Å². The predicted octanol–water partition coefficient (Wildman–Crippen LogP) is 2.92. The summed E-state index contributed by atoms with van der Waals surface area (Å²) < 4.78 is 5.41. The maximum absolute atomic E-state index is 12.6. The maximum Gasteiger partial charge on any atom is 0.272 e. The molecule has 0 spiro atoms. The number of carbonyl (C=O) groups excluding carboxylic acids is 2. The molecule has 7 heteroatoms. The average molecular weight is 377 g/mol. The number of hydrogen-bond acceptors (Lipinski definition) is 4. The first-order valence-electron chi connectivity index (χ1n) is 8.98. The highest BCUT2D eigenvalue weighted by atomic mass is 16.5. The van der Waals surface area contributed by atoms with E-state index in [0.29, 0.717) is 40.9 Å². The van der Waals surface area contributed by atoms with Gasteiger partial charge in [-0.25, -0.2) is 0 Å². The van der Waals surface area contributed by atoms with Gasteiger partial charge in [0.2, 0.25) is 5.91 Å². The van der Waals surface area contributed by atoms with Gasteiger partial charge in [-0.3, -0.25) is 14.4 Å². The topological polar surface area (TPSA) is 91.5 Å². The second-order valence-corrected chi connectivity index (χ2v) is 6.59. The molecule has 7 nitrogen and oxygen atoms in total. The van der Waals surface area contributed by atoms with Crippen molar-refractivity contribution in [1.82, 2.24) is 4.98 Å². The highest BCUT2D eigenvalue weighted by Crippen LogP contribution is 2.33. The third-order valence-electron chi connectivity index (χ3n) is 4.80. The Hall–Kier alpha value is -3.61. The van der Waals surface area contributed by atoms with Crippen LogP contribution >= 0.6 is 0 Å². The molecule has 1 aliphatic heterocycles. The number of methoxy groups -OCH3 is 1. The van der Waals surface area contributed by atoms with Gasteiger partial charge in [-0.2, -0.15) is 0 Å². The summed E-state index contributed by atoms with van der Waals surface area (Å²) in [6.07, 6.45) is 1.34. The molecular weight excluding hydrogens is 358 g/mol. The van der Waals surface area contributed by atoms with Crippen molar-refractivity contribution in [1.29, 1.82) is 0 Å². The third-order valence-corrected chi connectivity index (χ3v) is 4.80. The molecular formula is C21H19N3O4. The number of pyridine rings is 1. The van der Waals surface area contributed by atoms with E-state index in [1.54, 1.807) is 47.4 Å². The first-order valence-corrected chi connectivity index (χ1v) is 8.98. The molecule has 1 fully saturated rings. The number of hydrogen-bond donors (Lipinski definition) is 2. The second-order valence-electron chi connectivity index (χ2n) is 6.59. The standard InChI is InChI=1S/C21H19N3O4/c1-28-18-12-14(8-9-17(18)24-10-4-7-19(24)25)22-21(27)16-11-13-5-2-3-6-15(13)20(26)23-16/h2-3,5-6,8-9,11-12H,4,7,10H2,1H3,(H,22,27)(H,23,26). The van der Waals surface area contributed by atoms with E-state index in [4.69, 9.17) is 4.74 Å². The van der Waals surface area contributed by atoms with Crippen LogP contribution in [0.3, 0.4) is 0 Å². The van der Waals surface area contributed by atoms with Gasteiger partial charge in [-0.15, -0.1) is 0 Å². The van der Waals surface area contributed by atoms with Crippen molar-refractivity contribution in [3.63, 3.8) is 0 Å². The van der Waals surface area contributed by atoms with Crippen LogP contribution < -0.4 is 20.5 Å². The van der Waals surface area contributed by atoms with E-state index < -0.39 is 5.91 Å². The molecule has 0 radical (unpaired) electrons. The summed E-state index contributed by atoms with van der Waals surface area (Å²) in [7, 11) is 1.52. The number of nitrogens with zero attached hydrogens (tertiary/aromatic N) is 1. The van der Waals surface area contributed by atoms with Crippen LogP contribution in [0, 0.1) is 0 Å². The largest absolute Gasteiger partial charge is 0.494 e. The van der Waals surface area contributed by atoms with Gasteiger partial charge in [0.15, 0.2) is 0 Å². The smallest absolute Gasteiger partial charge is 0.272 e. The highest BCUT2D eigenvalue weighted by Gasteiger charge is 2.24. The lowest BCUT2D eigenvalue weighted by molar-refractivity contribution is -0.117. The second kappa shape index (κ2) is 7.19. The van der Waals surface area contributed by atoms with Crippen LogP contribution in [0.2, 0.25) is 0 Å². The fourth-order valence-electron chi connectivity index (χ4n) is 3.41. The maximum atomic E-state index is 12.6. The Balaban J connectivity index is 1.61. The summed E-state index contributed by atoms with van der Waals surface area (Å²) in [4.78, 5) is 41.1. The Kier molecular flexibility index (Phi) is 4.57. The summed E-state index contributed by atoms with van der Waals surface area (Å²) in [5, 5.41) is 3.98. The minimum absolute atomic E-state index is 0.0591. The zero-order chi connectivity index (χ0) is 19.7. The fourth-order valence-corrected chi connectivity index (χ4v) is 3.41. The zero-order valence-electron chi connectivity index (χ0n) is 15.3. The van der Waals surface area contributed by atoms with Gasteiger partial charge in [0.1, 0.15) is 11.4 Å². The SMILES string of the molecule is COc1cc(NC(=O)c2cc3ccccc3c(=O)[nH]2)ccc1N1CCCC1=O. The van der Waals surface area contributed by atoms with Gasteiger partial charge in [-0.05, 0) is 36.1 Å². The third kappa shape index (κ3) is 3.22. The first kappa shape index (κ1) is 17.8. The molecule has 0 aliphatic carbocycles. The number of nitrogens with one attached hydrogen (secondary N) is 2. The van der Waals surface area contributed by atoms with Crippen molar-refractivity contribution >= 4 is 34.0 Å². The lowest BCUT2D eigenvalue weighted by Crippen LogP contribution is -2.24. The van der Waals surface area contributed by atoms with Crippen LogP contribution in [0.5, 0.6) is 5.75 Å². The molecule has 0 atom stereocenters. The predicted molar refractivity (Wildman–Crippen MR) is 107 cm³/mol. The number of aromatic amines is 1. The summed E-state index contributed by atoms with van der Waals surface area (Å²) in [6, 6.07) is 13.8. The highest BCUT2D eigenvalue weighted by molar-refractivity contribution is 6.05. The molecule has 2 N–H and O–H groups in total. The number of fused-ring (bicyclic) bond motifs is 1. The van der Waals surface area contributed by atoms with Gasteiger partial charge in [0.25, 0.3) is 11.5 Å². The molecule has 2 aromatic carbocycles. The summed E-state index contributed by atoms with van der Waals surface area (Å²) >= 11 is 0. The lowest BCUT2D eigenvalue weighted by atomic mass is 10.1. The molecule has 1 saturated heterocycles. The molecule has 0 bridgehead atoms. The Morgan fingerprint density at radius 2 is 1.96 bits per heavy atom. The van der Waals surface area contributed by atoms with Gasteiger partial charge in [0.05, 0.1) is 12.8 Å². The van der Waals surface area contributed by atoms with E-state index in [1.165, 1.54) is 7.11 Å². The summed E-state index contributed by atoms with van der Waals surface area (Å²) in [5.41, 5.74) is 1.04. The van der Waals surface area contributed by atoms with Crippen LogP contribution in [0.25, 0.3) is 10.8 Å². The summed E-state index contributed by atoms with van der Waals surface area (Å²) in [5.74, 6) is 0.124. The number of benzene rings is 2. The van der Waals surface area contributed by atoms with E-state index in [9.17, 15) is 14.4 Å². The number of ether oxygens (including phenoxy) is 1. The first-order chi connectivity index (χ1) is 13.6. The molecule has 2 heterocycles. The number of anilines is 2. The zero-order valence-corrected chi connectivity index (χ0v) is 15.3. The van der Waals surface area contributed by atoms with Crippen LogP contribution in [0.15, 0.2) is 53.3 Å². The van der Waals surface area contributed by atoms with Crippen molar-refractivity contribution in [2.45, 2.75) is 12.8 Å². The minimum atomic E-state index is -0.435. The average Bonchev–Trinajstić information content (AvgIpc) is 3.13. The molecule has 0 unspecified atom stereocenters. The van der Waals surface area contributed by atoms with Crippen LogP contribution in [-0.2, 0) is 4.79 Å². The van der Waals surface area contributed by atoms with Crippen LogP contribution in [-0.4, -0.2) is 30.5 Å². The molecule has 0 saturated carbocycles. The number of rotatable bonds is 4. The van der Waals surface area contributed by atoms with Gasteiger partial charge < -0.3 is 19.9 Å². The van der Waals surface area contributed by atoms with E-state index in [1.807, 2.05) is 6.07 Å². The number of aromatic nitrogens is 1. The van der Waals surface area contributed by atoms with Crippen molar-refractivity contribution in [3.8, 4) is 5.75 Å². The number of H-pyrrole nitrogens is 1. The minimum Gasteiger partial charge on any atom is -0.494 e. The van der Waals surface area contributed by atoms with Crippen molar-refractivity contribution in [3.05, 3.63) is 64.6 Å².